The van der Waals surface area contributed by atoms with E-state index in [0.29, 0.717) is 23.2 Å². The van der Waals surface area contributed by atoms with Gasteiger partial charge in [0.25, 0.3) is 0 Å². The van der Waals surface area contributed by atoms with Crippen LogP contribution in [0.2, 0.25) is 0 Å². The van der Waals surface area contributed by atoms with Crippen molar-refractivity contribution in [1.29, 1.82) is 0 Å². The van der Waals surface area contributed by atoms with Crippen molar-refractivity contribution in [3.63, 3.8) is 0 Å². The van der Waals surface area contributed by atoms with Crippen molar-refractivity contribution in [3.8, 4) is 0 Å². The minimum atomic E-state index is -0.0342. The van der Waals surface area contributed by atoms with E-state index in [4.69, 9.17) is 4.74 Å². The van der Waals surface area contributed by atoms with Crippen LogP contribution in [-0.2, 0) is 9.53 Å². The highest BCUT2D eigenvalue weighted by Gasteiger charge is 2.60. The molecule has 0 amide bonds. The maximum Gasteiger partial charge on any atom is 0.305 e. The van der Waals surface area contributed by atoms with Crippen LogP contribution in [0.4, 0.5) is 0 Å². The number of hydrogen-bond acceptors (Lipinski definition) is 4. The van der Waals surface area contributed by atoms with Gasteiger partial charge >= 0.3 is 5.97 Å². The summed E-state index contributed by atoms with van der Waals surface area (Å²) in [4.78, 5) is 14.5. The lowest BCUT2D eigenvalue weighted by atomic mass is 9.44. The summed E-state index contributed by atoms with van der Waals surface area (Å²) < 4.78 is 4.94. The third kappa shape index (κ3) is 5.16. The highest BCUT2D eigenvalue weighted by Crippen LogP contribution is 2.68. The number of nitrogens with one attached hydrogen (secondary N) is 1. The summed E-state index contributed by atoms with van der Waals surface area (Å²) in [5, 5.41) is 4.00. The van der Waals surface area contributed by atoms with Crippen molar-refractivity contribution >= 4 is 5.97 Å². The zero-order chi connectivity index (χ0) is 25.3. The molecule has 4 saturated carbocycles. The van der Waals surface area contributed by atoms with E-state index in [0.717, 1.165) is 42.1 Å². The molecule has 4 unspecified atom stereocenters. The Hall–Kier alpha value is -0.610. The monoisotopic (exact) mass is 500 g/mol. The molecule has 36 heavy (non-hydrogen) atoms. The molecular formula is C32H56N2O2. The maximum atomic E-state index is 11.8. The Bertz CT molecular complexity index is 750. The Balaban J connectivity index is 1.16. The number of piperidine rings is 1. The van der Waals surface area contributed by atoms with Crippen molar-refractivity contribution in [2.45, 2.75) is 117 Å². The molecule has 4 heteroatoms. The SMILES string of the molecule is COC(=O)CC[C@@H](C)C1CCC2C3CC[C@H]4C[C@@H](NCCN5CCCCC5)CC[C@]4(C)C3CC[C@@]21C. The van der Waals surface area contributed by atoms with Gasteiger partial charge in [-0.25, -0.2) is 0 Å². The molecule has 4 nitrogen and oxygen atoms in total. The van der Waals surface area contributed by atoms with E-state index in [1.54, 1.807) is 0 Å². The van der Waals surface area contributed by atoms with Crippen LogP contribution in [0.3, 0.4) is 0 Å². The quantitative estimate of drug-likeness (QED) is 0.378. The van der Waals surface area contributed by atoms with Gasteiger partial charge in [-0.15, -0.1) is 0 Å². The number of carbonyl (C=O) groups is 1. The second-order valence-electron chi connectivity index (χ2n) is 14.3. The summed E-state index contributed by atoms with van der Waals surface area (Å²) in [6.45, 7) is 12.9. The molecule has 5 rings (SSSR count). The predicted molar refractivity (Wildman–Crippen MR) is 148 cm³/mol. The van der Waals surface area contributed by atoms with Crippen LogP contribution >= 0.6 is 0 Å². The number of esters is 1. The Morgan fingerprint density at radius 3 is 2.50 bits per heavy atom. The van der Waals surface area contributed by atoms with Crippen molar-refractivity contribution in [2.24, 2.45) is 46.3 Å². The second kappa shape index (κ2) is 11.2. The molecule has 0 bridgehead atoms. The minimum absolute atomic E-state index is 0.0342. The molecule has 0 aromatic carbocycles. The first kappa shape index (κ1) is 27.0. The molecule has 5 fully saturated rings. The smallest absolute Gasteiger partial charge is 0.305 e. The number of nitrogens with zero attached hydrogens (tertiary/aromatic N) is 1. The molecule has 206 valence electrons. The van der Waals surface area contributed by atoms with Gasteiger partial charge in [-0.2, -0.15) is 0 Å². The van der Waals surface area contributed by atoms with Crippen molar-refractivity contribution in [2.75, 3.05) is 33.3 Å². The Morgan fingerprint density at radius 2 is 1.72 bits per heavy atom. The zero-order valence-corrected chi connectivity index (χ0v) is 24.0. The number of carbonyl (C=O) groups excluding carboxylic acids is 1. The predicted octanol–water partition coefficient (Wildman–Crippen LogP) is 6.68. The number of hydrogen-bond donors (Lipinski definition) is 1. The fraction of sp³-hybridized carbons (Fsp3) is 0.969. The summed E-state index contributed by atoms with van der Waals surface area (Å²) in [7, 11) is 1.53. The first-order valence-corrected chi connectivity index (χ1v) is 15.9. The highest BCUT2D eigenvalue weighted by atomic mass is 16.5. The molecule has 0 radical (unpaired) electrons. The van der Waals surface area contributed by atoms with Gasteiger partial charge < -0.3 is 15.0 Å². The van der Waals surface area contributed by atoms with E-state index in [1.165, 1.54) is 110 Å². The van der Waals surface area contributed by atoms with Gasteiger partial charge in [-0.05, 0) is 136 Å². The molecule has 5 aliphatic rings. The number of ether oxygens (including phenoxy) is 1. The molecule has 1 heterocycles. The fourth-order valence-corrected chi connectivity index (χ4v) is 10.7. The molecule has 0 aromatic heterocycles. The average molecular weight is 501 g/mol. The Labute approximate surface area is 222 Å². The molecule has 9 atom stereocenters. The lowest BCUT2D eigenvalue weighted by Crippen LogP contribution is -2.55. The molecule has 0 aromatic rings. The standard InChI is InChI=1S/C32H56N2O2/c1-23(8-13-30(35)36-4)27-11-12-28-26-10-9-24-22-25(33-18-21-34-19-6-5-7-20-34)14-16-31(24,2)29(26)15-17-32(27,28)3/h23-29,33H,5-22H2,1-4H3/t23-,24+,25+,26?,27?,28?,29?,31+,32-/m1/s1. The van der Waals surface area contributed by atoms with Crippen molar-refractivity contribution in [3.05, 3.63) is 0 Å². The lowest BCUT2D eigenvalue weighted by Gasteiger charge is -2.61. The van der Waals surface area contributed by atoms with Crippen LogP contribution in [0, 0.1) is 46.3 Å². The molecule has 4 aliphatic carbocycles. The number of methoxy groups -OCH3 is 1. The first-order valence-electron chi connectivity index (χ1n) is 15.9. The van der Waals surface area contributed by atoms with Gasteiger partial charge in [0.2, 0.25) is 0 Å². The van der Waals surface area contributed by atoms with Crippen LogP contribution in [-0.4, -0.2) is 50.2 Å². The summed E-state index contributed by atoms with van der Waals surface area (Å²) >= 11 is 0. The number of likely N-dealkylation sites (tertiary alicyclic amines) is 1. The Kier molecular flexibility index (Phi) is 8.43. The van der Waals surface area contributed by atoms with E-state index in [9.17, 15) is 4.79 Å². The third-order valence-electron chi connectivity index (χ3n) is 12.8. The summed E-state index contributed by atoms with van der Waals surface area (Å²) in [5.74, 6) is 5.14. The number of fused-ring (bicyclic) bond motifs is 5. The molecule has 1 saturated heterocycles. The van der Waals surface area contributed by atoms with Crippen LogP contribution in [0.15, 0.2) is 0 Å². The van der Waals surface area contributed by atoms with E-state index < -0.39 is 0 Å². The van der Waals surface area contributed by atoms with E-state index >= 15 is 0 Å². The summed E-state index contributed by atoms with van der Waals surface area (Å²) in [5.41, 5.74) is 1.07. The lowest BCUT2D eigenvalue weighted by molar-refractivity contribution is -0.141. The van der Waals surface area contributed by atoms with Crippen molar-refractivity contribution in [1.82, 2.24) is 10.2 Å². The van der Waals surface area contributed by atoms with Gasteiger partial charge in [0.05, 0.1) is 7.11 Å². The van der Waals surface area contributed by atoms with Crippen molar-refractivity contribution < 1.29 is 9.53 Å². The largest absolute Gasteiger partial charge is 0.469 e. The maximum absolute atomic E-state index is 11.8. The average Bonchev–Trinajstić information content (AvgIpc) is 3.25. The fourth-order valence-electron chi connectivity index (χ4n) is 10.7. The van der Waals surface area contributed by atoms with Crippen LogP contribution < -0.4 is 5.32 Å². The van der Waals surface area contributed by atoms with E-state index in [2.05, 4.69) is 31.0 Å². The third-order valence-corrected chi connectivity index (χ3v) is 12.8. The molecule has 1 aliphatic heterocycles. The van der Waals surface area contributed by atoms with E-state index in [-0.39, 0.29) is 5.97 Å². The Morgan fingerprint density at radius 1 is 0.972 bits per heavy atom. The van der Waals surface area contributed by atoms with Gasteiger partial charge in [0.15, 0.2) is 0 Å². The van der Waals surface area contributed by atoms with Gasteiger partial charge in [0, 0.05) is 25.6 Å². The van der Waals surface area contributed by atoms with Gasteiger partial charge in [0.1, 0.15) is 0 Å². The summed E-state index contributed by atoms with van der Waals surface area (Å²) in [6, 6.07) is 0.754. The molecule has 1 N–H and O–H groups in total. The van der Waals surface area contributed by atoms with Crippen LogP contribution in [0.1, 0.15) is 111 Å². The molecule has 0 spiro atoms. The summed E-state index contributed by atoms with van der Waals surface area (Å²) in [6.07, 6.45) is 18.7. The minimum Gasteiger partial charge on any atom is -0.469 e. The highest BCUT2D eigenvalue weighted by molar-refractivity contribution is 5.69. The van der Waals surface area contributed by atoms with Crippen LogP contribution in [0.5, 0.6) is 0 Å². The topological polar surface area (TPSA) is 41.6 Å². The molecular weight excluding hydrogens is 444 g/mol. The van der Waals surface area contributed by atoms with Gasteiger partial charge in [-0.1, -0.05) is 27.2 Å². The van der Waals surface area contributed by atoms with Gasteiger partial charge in [-0.3, -0.25) is 4.79 Å². The van der Waals surface area contributed by atoms with E-state index in [1.807, 2.05) is 0 Å². The normalized spacial score (nSPS) is 43.8. The first-order chi connectivity index (χ1) is 17.3. The zero-order valence-electron chi connectivity index (χ0n) is 24.0. The van der Waals surface area contributed by atoms with Crippen LogP contribution in [0.25, 0.3) is 0 Å². The number of rotatable bonds is 8. The second-order valence-corrected chi connectivity index (χ2v) is 14.3.